The van der Waals surface area contributed by atoms with Gasteiger partial charge in [-0.25, -0.2) is 4.39 Å². The molecule has 0 bridgehead atoms. The molecule has 0 aliphatic carbocycles. The minimum absolute atomic E-state index is 0.0234. The second-order valence-corrected chi connectivity index (χ2v) is 7.70. The van der Waals surface area contributed by atoms with Gasteiger partial charge < -0.3 is 11.1 Å². The summed E-state index contributed by atoms with van der Waals surface area (Å²) < 4.78 is 14.1. The standard InChI is InChI=1S/C18H26FN5S/c1-6-13(10-25-14-9-11(2)7-8-12(14)3)21-17-23-15(18(4,5)19)22-16(20)24-17/h7-9,13H,6,10H2,1-5H3,(H3,20,21,22,23,24). The van der Waals surface area contributed by atoms with E-state index < -0.39 is 5.67 Å². The van der Waals surface area contributed by atoms with Gasteiger partial charge >= 0.3 is 0 Å². The summed E-state index contributed by atoms with van der Waals surface area (Å²) in [5.41, 5.74) is 6.54. The van der Waals surface area contributed by atoms with Crippen molar-refractivity contribution in [3.63, 3.8) is 0 Å². The van der Waals surface area contributed by atoms with Crippen LogP contribution in [-0.4, -0.2) is 26.7 Å². The summed E-state index contributed by atoms with van der Waals surface area (Å²) in [7, 11) is 0. The number of aromatic nitrogens is 3. The summed E-state index contributed by atoms with van der Waals surface area (Å²) in [5, 5.41) is 3.26. The van der Waals surface area contributed by atoms with Crippen molar-refractivity contribution in [2.45, 2.75) is 57.6 Å². The molecule has 0 radical (unpaired) electrons. The molecule has 5 nitrogen and oxygen atoms in total. The number of aryl methyl sites for hydroxylation is 2. The normalized spacial score (nSPS) is 12.9. The Kier molecular flexibility index (Phi) is 6.21. The van der Waals surface area contributed by atoms with E-state index in [1.54, 1.807) is 11.8 Å². The molecule has 1 aromatic heterocycles. The van der Waals surface area contributed by atoms with E-state index in [2.05, 4.69) is 59.2 Å². The fraction of sp³-hybridized carbons (Fsp3) is 0.500. The average molecular weight is 364 g/mol. The molecule has 0 fully saturated rings. The Labute approximate surface area is 153 Å². The van der Waals surface area contributed by atoms with Gasteiger partial charge in [-0.15, -0.1) is 11.8 Å². The second kappa shape index (κ2) is 7.99. The van der Waals surface area contributed by atoms with E-state index in [0.29, 0.717) is 5.95 Å². The zero-order chi connectivity index (χ0) is 18.6. The summed E-state index contributed by atoms with van der Waals surface area (Å²) in [6.07, 6.45) is 0.887. The fourth-order valence-corrected chi connectivity index (χ4v) is 3.48. The Bertz CT molecular complexity index is 730. The third-order valence-corrected chi connectivity index (χ3v) is 5.11. The number of halogens is 1. The summed E-state index contributed by atoms with van der Waals surface area (Å²) in [4.78, 5) is 13.4. The van der Waals surface area contributed by atoms with Crippen LogP contribution in [0.15, 0.2) is 23.1 Å². The molecule has 0 aliphatic heterocycles. The van der Waals surface area contributed by atoms with Gasteiger partial charge in [0.05, 0.1) is 0 Å². The first-order chi connectivity index (χ1) is 11.7. The topological polar surface area (TPSA) is 76.7 Å². The highest BCUT2D eigenvalue weighted by Crippen LogP contribution is 2.26. The van der Waals surface area contributed by atoms with E-state index in [0.717, 1.165) is 12.2 Å². The molecule has 1 unspecified atom stereocenters. The average Bonchev–Trinajstić information content (AvgIpc) is 2.53. The molecule has 0 saturated carbocycles. The Morgan fingerprint density at radius 1 is 1.24 bits per heavy atom. The largest absolute Gasteiger partial charge is 0.368 e. The van der Waals surface area contributed by atoms with Crippen molar-refractivity contribution in [3.05, 3.63) is 35.2 Å². The second-order valence-electron chi connectivity index (χ2n) is 6.64. The minimum Gasteiger partial charge on any atom is -0.368 e. The molecule has 2 aromatic rings. The van der Waals surface area contributed by atoms with Crippen LogP contribution in [0.5, 0.6) is 0 Å². The Morgan fingerprint density at radius 2 is 1.96 bits per heavy atom. The highest BCUT2D eigenvalue weighted by atomic mass is 32.2. The van der Waals surface area contributed by atoms with Crippen molar-refractivity contribution in [3.8, 4) is 0 Å². The van der Waals surface area contributed by atoms with Crippen LogP contribution in [0.4, 0.5) is 16.3 Å². The van der Waals surface area contributed by atoms with Gasteiger partial charge in [-0.05, 0) is 45.7 Å². The van der Waals surface area contributed by atoms with E-state index in [1.165, 1.54) is 29.9 Å². The zero-order valence-corrected chi connectivity index (χ0v) is 16.2. The predicted octanol–water partition coefficient (Wildman–Crippen LogP) is 4.26. The maximum absolute atomic E-state index is 14.1. The van der Waals surface area contributed by atoms with Gasteiger partial charge in [0, 0.05) is 16.7 Å². The van der Waals surface area contributed by atoms with E-state index in [9.17, 15) is 4.39 Å². The number of alkyl halides is 1. The number of hydrogen-bond donors (Lipinski definition) is 2. The molecule has 2 rings (SSSR count). The molecule has 1 heterocycles. The molecule has 136 valence electrons. The quantitative estimate of drug-likeness (QED) is 0.716. The highest BCUT2D eigenvalue weighted by molar-refractivity contribution is 7.99. The molecule has 0 saturated heterocycles. The molecule has 0 aliphatic rings. The number of nitrogens with two attached hydrogens (primary N) is 1. The zero-order valence-electron chi connectivity index (χ0n) is 15.4. The number of thioether (sulfide) groups is 1. The van der Waals surface area contributed by atoms with E-state index >= 15 is 0 Å². The first-order valence-electron chi connectivity index (χ1n) is 8.36. The van der Waals surface area contributed by atoms with Crippen molar-refractivity contribution in [1.82, 2.24) is 15.0 Å². The lowest BCUT2D eigenvalue weighted by atomic mass is 10.1. The summed E-state index contributed by atoms with van der Waals surface area (Å²) in [6, 6.07) is 6.58. The van der Waals surface area contributed by atoms with Gasteiger partial charge in [0.1, 0.15) is 0 Å². The first-order valence-corrected chi connectivity index (χ1v) is 9.35. The van der Waals surface area contributed by atoms with Crippen molar-refractivity contribution in [2.75, 3.05) is 16.8 Å². The number of nitrogens with zero attached hydrogens (tertiary/aromatic N) is 3. The van der Waals surface area contributed by atoms with E-state index in [4.69, 9.17) is 5.73 Å². The fourth-order valence-electron chi connectivity index (χ4n) is 2.22. The van der Waals surface area contributed by atoms with Crippen LogP contribution in [0.25, 0.3) is 0 Å². The number of rotatable bonds is 7. The predicted molar refractivity (Wildman–Crippen MR) is 103 cm³/mol. The smallest absolute Gasteiger partial charge is 0.228 e. The van der Waals surface area contributed by atoms with Gasteiger partial charge in [0.15, 0.2) is 11.5 Å². The molecule has 25 heavy (non-hydrogen) atoms. The Morgan fingerprint density at radius 3 is 2.60 bits per heavy atom. The molecule has 1 atom stereocenters. The number of anilines is 2. The van der Waals surface area contributed by atoms with Gasteiger partial charge in [0.25, 0.3) is 0 Å². The number of nitrogens with one attached hydrogen (secondary N) is 1. The third-order valence-electron chi connectivity index (χ3n) is 3.79. The van der Waals surface area contributed by atoms with Crippen molar-refractivity contribution < 1.29 is 4.39 Å². The monoisotopic (exact) mass is 363 g/mol. The van der Waals surface area contributed by atoms with Crippen LogP contribution in [0, 0.1) is 13.8 Å². The number of benzene rings is 1. The van der Waals surface area contributed by atoms with Crippen LogP contribution >= 0.6 is 11.8 Å². The van der Waals surface area contributed by atoms with Crippen molar-refractivity contribution in [2.24, 2.45) is 0 Å². The number of nitrogen functional groups attached to an aromatic ring is 1. The van der Waals surface area contributed by atoms with Gasteiger partial charge in [-0.1, -0.05) is 24.6 Å². The highest BCUT2D eigenvalue weighted by Gasteiger charge is 2.24. The van der Waals surface area contributed by atoms with Crippen LogP contribution in [0.1, 0.15) is 44.1 Å². The van der Waals surface area contributed by atoms with E-state index in [1.807, 2.05) is 0 Å². The minimum atomic E-state index is -1.66. The first kappa shape index (κ1) is 19.4. The Balaban J connectivity index is 2.09. The lowest BCUT2D eigenvalue weighted by Gasteiger charge is -2.19. The molecule has 1 aromatic carbocycles. The van der Waals surface area contributed by atoms with Gasteiger partial charge in [-0.2, -0.15) is 15.0 Å². The summed E-state index contributed by atoms with van der Waals surface area (Å²) >= 11 is 1.79. The van der Waals surface area contributed by atoms with E-state index in [-0.39, 0.29) is 17.8 Å². The van der Waals surface area contributed by atoms with Crippen LogP contribution in [0.3, 0.4) is 0 Å². The molecule has 7 heteroatoms. The van der Waals surface area contributed by atoms with Crippen molar-refractivity contribution >= 4 is 23.7 Å². The van der Waals surface area contributed by atoms with Crippen LogP contribution in [0.2, 0.25) is 0 Å². The SMILES string of the molecule is CCC(CSc1cc(C)ccc1C)Nc1nc(N)nc(C(C)(C)F)n1. The number of hydrogen-bond acceptors (Lipinski definition) is 6. The molecule has 0 spiro atoms. The lowest BCUT2D eigenvalue weighted by molar-refractivity contribution is 0.206. The molecule has 3 N–H and O–H groups in total. The lowest BCUT2D eigenvalue weighted by Crippen LogP contribution is -2.25. The van der Waals surface area contributed by atoms with Gasteiger partial charge in [-0.3, -0.25) is 0 Å². The molecule has 0 amide bonds. The van der Waals surface area contributed by atoms with Gasteiger partial charge in [0.2, 0.25) is 11.9 Å². The van der Waals surface area contributed by atoms with Crippen LogP contribution in [-0.2, 0) is 5.67 Å². The summed E-state index contributed by atoms with van der Waals surface area (Å²) in [5.74, 6) is 1.23. The maximum atomic E-state index is 14.1. The molecular weight excluding hydrogens is 337 g/mol. The summed E-state index contributed by atoms with van der Waals surface area (Å²) in [6.45, 7) is 9.09. The Hall–Kier alpha value is -1.89. The molecular formula is C18H26FN5S. The van der Waals surface area contributed by atoms with Crippen LogP contribution < -0.4 is 11.1 Å². The maximum Gasteiger partial charge on any atom is 0.228 e. The van der Waals surface area contributed by atoms with Crippen molar-refractivity contribution in [1.29, 1.82) is 0 Å². The third kappa shape index (κ3) is 5.56.